The molecule has 0 radical (unpaired) electrons. The number of nitrogen functional groups attached to an aromatic ring is 1. The van der Waals surface area contributed by atoms with E-state index in [1.165, 1.54) is 0 Å². The molecule has 0 spiro atoms. The van der Waals surface area contributed by atoms with Crippen LogP contribution in [0.1, 0.15) is 25.5 Å². The van der Waals surface area contributed by atoms with Crippen molar-refractivity contribution in [3.05, 3.63) is 30.0 Å². The molecule has 1 aromatic carbocycles. The molecule has 3 aromatic rings. The van der Waals surface area contributed by atoms with E-state index in [4.69, 9.17) is 10.8 Å². The molecule has 1 aliphatic rings. The number of fused-ring (bicyclic) bond motifs is 3. The molecule has 0 bridgehead atoms. The van der Waals surface area contributed by atoms with Crippen LogP contribution in [0.4, 0.5) is 5.82 Å². The van der Waals surface area contributed by atoms with Crippen LogP contribution in [0.5, 0.6) is 0 Å². The highest BCUT2D eigenvalue weighted by Crippen LogP contribution is 2.31. The Bertz CT molecular complexity index is 1070. The van der Waals surface area contributed by atoms with E-state index in [-0.39, 0.29) is 5.75 Å². The molecule has 8 heteroatoms. The lowest BCUT2D eigenvalue weighted by Crippen LogP contribution is -2.28. The number of nitrogens with two attached hydrogens (primary N) is 1. The Morgan fingerprint density at radius 3 is 2.77 bits per heavy atom. The van der Waals surface area contributed by atoms with Crippen molar-refractivity contribution >= 4 is 37.6 Å². The molecule has 1 saturated heterocycles. The quantitative estimate of drug-likeness (QED) is 0.739. The highest BCUT2D eigenvalue weighted by atomic mass is 32.2. The van der Waals surface area contributed by atoms with Gasteiger partial charge >= 0.3 is 0 Å². The summed E-state index contributed by atoms with van der Waals surface area (Å²) < 4.78 is 27.8. The van der Waals surface area contributed by atoms with Crippen molar-refractivity contribution < 1.29 is 8.42 Å². The molecule has 138 valence electrons. The van der Waals surface area contributed by atoms with Crippen LogP contribution in [-0.2, 0) is 23.0 Å². The van der Waals surface area contributed by atoms with E-state index in [9.17, 15) is 8.42 Å². The lowest BCUT2D eigenvalue weighted by atomic mass is 10.1. The van der Waals surface area contributed by atoms with Gasteiger partial charge in [-0.15, -0.1) is 0 Å². The fourth-order valence-corrected chi connectivity index (χ4v) is 5.28. The summed E-state index contributed by atoms with van der Waals surface area (Å²) in [4.78, 5) is 4.47. The van der Waals surface area contributed by atoms with Gasteiger partial charge in [-0.25, -0.2) is 17.7 Å². The molecule has 1 fully saturated rings. The Balaban J connectivity index is 1.84. The summed E-state index contributed by atoms with van der Waals surface area (Å²) in [7, 11) is -3.10. The summed E-state index contributed by atoms with van der Waals surface area (Å²) in [5.74, 6) is 0.672. The molecule has 3 heterocycles. The fourth-order valence-electron chi connectivity index (χ4n) is 3.75. The zero-order chi connectivity index (χ0) is 18.3. The van der Waals surface area contributed by atoms with E-state index < -0.39 is 10.0 Å². The van der Waals surface area contributed by atoms with E-state index in [0.29, 0.717) is 37.3 Å². The Morgan fingerprint density at radius 1 is 1.23 bits per heavy atom. The lowest BCUT2D eigenvalue weighted by Gasteiger charge is -2.15. The first-order valence-corrected chi connectivity index (χ1v) is 10.6. The van der Waals surface area contributed by atoms with Gasteiger partial charge < -0.3 is 5.73 Å². The van der Waals surface area contributed by atoms with Crippen LogP contribution in [0.15, 0.2) is 24.3 Å². The van der Waals surface area contributed by atoms with Crippen molar-refractivity contribution in [2.24, 2.45) is 0 Å². The maximum Gasteiger partial charge on any atom is 0.214 e. The third-order valence-electron chi connectivity index (χ3n) is 4.95. The molecule has 0 saturated carbocycles. The topological polar surface area (TPSA) is 94.1 Å². The van der Waals surface area contributed by atoms with E-state index in [1.54, 1.807) is 4.31 Å². The third kappa shape index (κ3) is 2.83. The SMILES string of the molecule is CCCn1nc2c(N)nc3ccccc3c2c1CCN1CCCS1(=O)=O. The Morgan fingerprint density at radius 2 is 2.04 bits per heavy atom. The minimum absolute atomic E-state index is 0.252. The maximum atomic E-state index is 12.1. The number of benzene rings is 1. The molecule has 2 aromatic heterocycles. The Kier molecular flexibility index (Phi) is 4.32. The van der Waals surface area contributed by atoms with Crippen LogP contribution < -0.4 is 5.73 Å². The van der Waals surface area contributed by atoms with Crippen LogP contribution >= 0.6 is 0 Å². The van der Waals surface area contributed by atoms with Crippen LogP contribution in [0.3, 0.4) is 0 Å². The average Bonchev–Trinajstić information content (AvgIpc) is 3.14. The predicted molar refractivity (Wildman–Crippen MR) is 103 cm³/mol. The smallest absolute Gasteiger partial charge is 0.214 e. The molecule has 4 rings (SSSR count). The molecule has 0 unspecified atom stereocenters. The first-order valence-electron chi connectivity index (χ1n) is 9.02. The number of hydrogen-bond acceptors (Lipinski definition) is 5. The third-order valence-corrected chi connectivity index (χ3v) is 6.91. The van der Waals surface area contributed by atoms with Gasteiger partial charge in [0.2, 0.25) is 10.0 Å². The largest absolute Gasteiger partial charge is 0.382 e. The van der Waals surface area contributed by atoms with Crippen LogP contribution in [0, 0.1) is 0 Å². The summed E-state index contributed by atoms with van der Waals surface area (Å²) in [5.41, 5.74) is 8.75. The van der Waals surface area contributed by atoms with Gasteiger partial charge in [-0.2, -0.15) is 5.10 Å². The maximum absolute atomic E-state index is 12.1. The first kappa shape index (κ1) is 17.2. The first-order chi connectivity index (χ1) is 12.5. The van der Waals surface area contributed by atoms with Gasteiger partial charge in [0.25, 0.3) is 0 Å². The molecule has 7 nitrogen and oxygen atoms in total. The predicted octanol–water partition coefficient (Wildman–Crippen LogP) is 2.15. The number of anilines is 1. The Hall–Kier alpha value is -2.19. The van der Waals surface area contributed by atoms with Gasteiger partial charge in [-0.1, -0.05) is 25.1 Å². The number of hydrogen-bond donors (Lipinski definition) is 1. The van der Waals surface area contributed by atoms with Gasteiger partial charge in [0.05, 0.1) is 11.3 Å². The number of pyridine rings is 1. The number of nitrogens with zero attached hydrogens (tertiary/aromatic N) is 4. The number of aryl methyl sites for hydroxylation is 1. The number of sulfonamides is 1. The number of para-hydroxylation sites is 1. The van der Waals surface area contributed by atoms with Crippen LogP contribution in [-0.4, -0.2) is 46.3 Å². The molecule has 0 aliphatic carbocycles. The zero-order valence-electron chi connectivity index (χ0n) is 14.9. The molecular weight excluding hydrogens is 350 g/mol. The van der Waals surface area contributed by atoms with Gasteiger partial charge in [0.15, 0.2) is 5.82 Å². The van der Waals surface area contributed by atoms with Crippen molar-refractivity contribution in [2.45, 2.75) is 32.7 Å². The van der Waals surface area contributed by atoms with Gasteiger partial charge in [-0.05, 0) is 18.9 Å². The van der Waals surface area contributed by atoms with Crippen molar-refractivity contribution in [3.63, 3.8) is 0 Å². The van der Waals surface area contributed by atoms with Crippen molar-refractivity contribution in [1.29, 1.82) is 0 Å². The fraction of sp³-hybridized carbons (Fsp3) is 0.444. The second-order valence-electron chi connectivity index (χ2n) is 6.73. The van der Waals surface area contributed by atoms with E-state index in [2.05, 4.69) is 11.9 Å². The van der Waals surface area contributed by atoms with Crippen LogP contribution in [0.25, 0.3) is 21.8 Å². The normalized spacial score (nSPS) is 17.4. The van der Waals surface area contributed by atoms with E-state index in [1.807, 2.05) is 28.9 Å². The highest BCUT2D eigenvalue weighted by molar-refractivity contribution is 7.89. The molecule has 0 amide bonds. The van der Waals surface area contributed by atoms with Crippen molar-refractivity contribution in [3.8, 4) is 0 Å². The van der Waals surface area contributed by atoms with Crippen molar-refractivity contribution in [1.82, 2.24) is 19.1 Å². The summed E-state index contributed by atoms with van der Waals surface area (Å²) in [6, 6.07) is 7.88. The summed E-state index contributed by atoms with van der Waals surface area (Å²) in [6.45, 7) is 3.95. The van der Waals surface area contributed by atoms with Gasteiger partial charge in [0, 0.05) is 42.5 Å². The number of aromatic nitrogens is 3. The highest BCUT2D eigenvalue weighted by Gasteiger charge is 2.28. The second kappa shape index (κ2) is 6.51. The van der Waals surface area contributed by atoms with E-state index in [0.717, 1.165) is 34.9 Å². The summed E-state index contributed by atoms with van der Waals surface area (Å²) in [5, 5.41) is 6.71. The molecule has 1 aliphatic heterocycles. The summed E-state index contributed by atoms with van der Waals surface area (Å²) in [6.07, 6.45) is 2.26. The average molecular weight is 373 g/mol. The van der Waals surface area contributed by atoms with Gasteiger partial charge in [-0.3, -0.25) is 4.68 Å². The van der Waals surface area contributed by atoms with Crippen molar-refractivity contribution in [2.75, 3.05) is 24.6 Å². The monoisotopic (exact) mass is 373 g/mol. The van der Waals surface area contributed by atoms with E-state index >= 15 is 0 Å². The minimum atomic E-state index is -3.10. The van der Waals surface area contributed by atoms with Gasteiger partial charge in [0.1, 0.15) is 5.52 Å². The molecule has 2 N–H and O–H groups in total. The molecular formula is C18H23N5O2S. The molecule has 0 atom stereocenters. The Labute approximate surface area is 152 Å². The second-order valence-corrected chi connectivity index (χ2v) is 8.81. The zero-order valence-corrected chi connectivity index (χ0v) is 15.7. The standard InChI is InChI=1S/C18H23N5O2S/c1-2-9-23-15(8-11-22-10-5-12-26(22,24)25)16-13-6-3-4-7-14(13)20-18(19)17(16)21-23/h3-4,6-7H,2,5,8-12H2,1H3,(H2,19,20). The molecule has 26 heavy (non-hydrogen) atoms. The lowest BCUT2D eigenvalue weighted by molar-refractivity contribution is 0.439. The minimum Gasteiger partial charge on any atom is -0.382 e. The summed E-state index contributed by atoms with van der Waals surface area (Å²) >= 11 is 0. The van der Waals surface area contributed by atoms with Crippen LogP contribution in [0.2, 0.25) is 0 Å². The number of rotatable bonds is 5.